The van der Waals surface area contributed by atoms with Crippen molar-refractivity contribution < 1.29 is 19.0 Å². The monoisotopic (exact) mass is 390 g/mol. The molecule has 0 bridgehead atoms. The Balaban J connectivity index is 1.59. The summed E-state index contributed by atoms with van der Waals surface area (Å²) in [6, 6.07) is 10.7. The van der Waals surface area contributed by atoms with Crippen LogP contribution in [-0.2, 0) is 4.79 Å². The predicted octanol–water partition coefficient (Wildman–Crippen LogP) is 4.13. The van der Waals surface area contributed by atoms with E-state index in [0.29, 0.717) is 32.9 Å². The van der Waals surface area contributed by atoms with Gasteiger partial charge >= 0.3 is 0 Å². The summed E-state index contributed by atoms with van der Waals surface area (Å²) in [4.78, 5) is 17.1. The van der Waals surface area contributed by atoms with Gasteiger partial charge in [0.15, 0.2) is 16.6 Å². The zero-order valence-corrected chi connectivity index (χ0v) is 15.6. The second-order valence-corrected chi connectivity index (χ2v) is 7.15. The molecule has 0 fully saturated rings. The standard InChI is InChI=1S/C18H15ClN2O4S/c1-9-15(25-12-6-4-3-5-11(12)24-9)17(22)21-18-20-14-13(23-2)8-7-10(19)16(14)26-18/h3-9,15H,1-2H3,(H,20,21,22). The van der Waals surface area contributed by atoms with Crippen molar-refractivity contribution in [1.29, 1.82) is 0 Å². The van der Waals surface area contributed by atoms with Crippen LogP contribution in [-0.4, -0.2) is 30.2 Å². The first-order valence-electron chi connectivity index (χ1n) is 7.93. The van der Waals surface area contributed by atoms with E-state index in [2.05, 4.69) is 10.3 Å². The first kappa shape index (κ1) is 16.9. The number of benzene rings is 2. The average molecular weight is 391 g/mol. The minimum absolute atomic E-state index is 0.332. The molecule has 1 aromatic heterocycles. The van der Waals surface area contributed by atoms with Gasteiger partial charge in [-0.3, -0.25) is 10.1 Å². The van der Waals surface area contributed by atoms with Gasteiger partial charge in [0, 0.05) is 0 Å². The lowest BCUT2D eigenvalue weighted by Crippen LogP contribution is -2.46. The SMILES string of the molecule is COc1ccc(Cl)c2sc(NC(=O)C3Oc4ccccc4OC3C)nc12. The molecule has 2 atom stereocenters. The van der Waals surface area contributed by atoms with Crippen molar-refractivity contribution in [2.75, 3.05) is 12.4 Å². The molecule has 3 aromatic rings. The lowest BCUT2D eigenvalue weighted by molar-refractivity contribution is -0.128. The van der Waals surface area contributed by atoms with Crippen LogP contribution in [0, 0.1) is 0 Å². The maximum absolute atomic E-state index is 12.7. The van der Waals surface area contributed by atoms with Gasteiger partial charge in [-0.25, -0.2) is 4.98 Å². The first-order valence-corrected chi connectivity index (χ1v) is 9.12. The first-order chi connectivity index (χ1) is 12.6. The summed E-state index contributed by atoms with van der Waals surface area (Å²) in [5.41, 5.74) is 0.611. The number of fused-ring (bicyclic) bond motifs is 2. The maximum Gasteiger partial charge on any atom is 0.271 e. The minimum atomic E-state index is -0.783. The Hall–Kier alpha value is -2.51. The molecule has 0 radical (unpaired) electrons. The quantitative estimate of drug-likeness (QED) is 0.728. The third kappa shape index (κ3) is 2.93. The average Bonchev–Trinajstić information content (AvgIpc) is 3.06. The molecule has 1 aliphatic heterocycles. The second kappa shape index (κ2) is 6.66. The summed E-state index contributed by atoms with van der Waals surface area (Å²) in [7, 11) is 1.56. The molecule has 0 spiro atoms. The number of anilines is 1. The third-order valence-electron chi connectivity index (χ3n) is 4.01. The van der Waals surface area contributed by atoms with E-state index >= 15 is 0 Å². The fourth-order valence-corrected chi connectivity index (χ4v) is 3.91. The summed E-state index contributed by atoms with van der Waals surface area (Å²) in [6.07, 6.45) is -1.22. The highest BCUT2D eigenvalue weighted by Gasteiger charge is 2.34. The van der Waals surface area contributed by atoms with Gasteiger partial charge in [-0.2, -0.15) is 0 Å². The van der Waals surface area contributed by atoms with E-state index in [1.807, 2.05) is 18.2 Å². The maximum atomic E-state index is 12.7. The third-order valence-corrected chi connectivity index (χ3v) is 5.44. The summed E-state index contributed by atoms with van der Waals surface area (Å²) >= 11 is 7.50. The van der Waals surface area contributed by atoms with E-state index in [0.717, 1.165) is 4.70 Å². The van der Waals surface area contributed by atoms with Crippen molar-refractivity contribution in [2.24, 2.45) is 0 Å². The molecule has 1 aliphatic rings. The molecule has 6 nitrogen and oxygen atoms in total. The molecule has 2 unspecified atom stereocenters. The molecule has 134 valence electrons. The van der Waals surface area contributed by atoms with Crippen molar-refractivity contribution in [3.05, 3.63) is 41.4 Å². The number of methoxy groups -OCH3 is 1. The second-order valence-electron chi connectivity index (χ2n) is 5.74. The van der Waals surface area contributed by atoms with Crippen molar-refractivity contribution >= 4 is 44.2 Å². The van der Waals surface area contributed by atoms with E-state index < -0.39 is 12.2 Å². The van der Waals surface area contributed by atoms with Gasteiger partial charge in [0.2, 0.25) is 6.10 Å². The van der Waals surface area contributed by atoms with Gasteiger partial charge in [0.1, 0.15) is 17.4 Å². The number of nitrogens with one attached hydrogen (secondary N) is 1. The number of rotatable bonds is 3. The van der Waals surface area contributed by atoms with Crippen molar-refractivity contribution in [3.8, 4) is 17.2 Å². The molecular formula is C18H15ClN2O4S. The molecule has 0 aliphatic carbocycles. The molecule has 8 heteroatoms. The smallest absolute Gasteiger partial charge is 0.271 e. The van der Waals surface area contributed by atoms with Crippen LogP contribution in [0.4, 0.5) is 5.13 Å². The normalized spacial score (nSPS) is 18.6. The van der Waals surface area contributed by atoms with Crippen LogP contribution < -0.4 is 19.5 Å². The van der Waals surface area contributed by atoms with Gasteiger partial charge in [-0.15, -0.1) is 0 Å². The number of nitrogens with zero attached hydrogens (tertiary/aromatic N) is 1. The molecule has 0 saturated carbocycles. The molecule has 2 heterocycles. The Kier molecular flexibility index (Phi) is 4.34. The highest BCUT2D eigenvalue weighted by atomic mass is 35.5. The number of para-hydroxylation sites is 2. The largest absolute Gasteiger partial charge is 0.494 e. The van der Waals surface area contributed by atoms with Crippen molar-refractivity contribution in [2.45, 2.75) is 19.1 Å². The molecule has 2 aromatic carbocycles. The summed E-state index contributed by atoms with van der Waals surface area (Å²) in [5, 5.41) is 3.77. The van der Waals surface area contributed by atoms with E-state index in [9.17, 15) is 4.79 Å². The fourth-order valence-electron chi connectivity index (χ4n) is 2.75. The molecule has 0 saturated heterocycles. The van der Waals surface area contributed by atoms with Crippen molar-refractivity contribution in [1.82, 2.24) is 4.98 Å². The van der Waals surface area contributed by atoms with Crippen LogP contribution >= 0.6 is 22.9 Å². The number of ether oxygens (including phenoxy) is 3. The summed E-state index contributed by atoms with van der Waals surface area (Å²) in [5.74, 6) is 1.43. The zero-order chi connectivity index (χ0) is 18.3. The number of hydrogen-bond donors (Lipinski definition) is 1. The number of thiazole rings is 1. The highest BCUT2D eigenvalue weighted by molar-refractivity contribution is 7.23. The van der Waals surface area contributed by atoms with Crippen LogP contribution in [0.3, 0.4) is 0 Å². The fraction of sp³-hybridized carbons (Fsp3) is 0.222. The molecule has 1 N–H and O–H groups in total. The Morgan fingerprint density at radius 3 is 2.69 bits per heavy atom. The van der Waals surface area contributed by atoms with Gasteiger partial charge < -0.3 is 14.2 Å². The minimum Gasteiger partial charge on any atom is -0.494 e. The Morgan fingerprint density at radius 1 is 1.23 bits per heavy atom. The van der Waals surface area contributed by atoms with Crippen LogP contribution in [0.1, 0.15) is 6.92 Å². The van der Waals surface area contributed by atoms with Crippen LogP contribution in [0.25, 0.3) is 10.2 Å². The predicted molar refractivity (Wildman–Crippen MR) is 101 cm³/mol. The Morgan fingerprint density at radius 2 is 1.96 bits per heavy atom. The summed E-state index contributed by atoms with van der Waals surface area (Å²) in [6.45, 7) is 1.79. The van der Waals surface area contributed by atoms with Crippen LogP contribution in [0.5, 0.6) is 17.2 Å². The molecule has 4 rings (SSSR count). The summed E-state index contributed by atoms with van der Waals surface area (Å²) < 4.78 is 17.6. The number of carbonyl (C=O) groups is 1. The topological polar surface area (TPSA) is 69.7 Å². The van der Waals surface area contributed by atoms with Crippen molar-refractivity contribution in [3.63, 3.8) is 0 Å². The van der Waals surface area contributed by atoms with Gasteiger partial charge in [-0.05, 0) is 31.2 Å². The number of carbonyl (C=O) groups excluding carboxylic acids is 1. The lowest BCUT2D eigenvalue weighted by Gasteiger charge is -2.30. The Bertz CT molecular complexity index is 990. The zero-order valence-electron chi connectivity index (χ0n) is 14.0. The van der Waals surface area contributed by atoms with E-state index in [-0.39, 0.29) is 5.91 Å². The lowest BCUT2D eigenvalue weighted by atomic mass is 10.1. The van der Waals surface area contributed by atoms with Gasteiger partial charge in [0.25, 0.3) is 5.91 Å². The molecule has 26 heavy (non-hydrogen) atoms. The van der Waals surface area contributed by atoms with Crippen LogP contribution in [0.2, 0.25) is 5.02 Å². The van der Waals surface area contributed by atoms with E-state index in [1.54, 1.807) is 32.2 Å². The highest BCUT2D eigenvalue weighted by Crippen LogP contribution is 2.38. The van der Waals surface area contributed by atoms with Gasteiger partial charge in [0.05, 0.1) is 16.8 Å². The van der Waals surface area contributed by atoms with E-state index in [4.69, 9.17) is 25.8 Å². The number of aromatic nitrogens is 1. The number of amides is 1. The van der Waals surface area contributed by atoms with E-state index in [1.165, 1.54) is 11.3 Å². The number of hydrogen-bond acceptors (Lipinski definition) is 6. The van der Waals surface area contributed by atoms with Gasteiger partial charge in [-0.1, -0.05) is 35.1 Å². The molecular weight excluding hydrogens is 376 g/mol. The molecule has 1 amide bonds. The number of halogens is 1. The van der Waals surface area contributed by atoms with Crippen LogP contribution in [0.15, 0.2) is 36.4 Å². The Labute approximate surface area is 158 Å².